The normalized spacial score (nSPS) is 7.33. The maximum Gasteiger partial charge on any atom is 1.00 e. The van der Waals surface area contributed by atoms with E-state index in [0.717, 1.165) is 6.34 Å². The van der Waals surface area contributed by atoms with E-state index >= 15 is 0 Å². The summed E-state index contributed by atoms with van der Waals surface area (Å²) in [5.41, 5.74) is 6.00. The molecule has 0 saturated carbocycles. The van der Waals surface area contributed by atoms with Gasteiger partial charge in [-0.15, -0.1) is 5.11 Å². The zero-order valence-corrected chi connectivity index (χ0v) is 9.83. The van der Waals surface area contributed by atoms with E-state index in [0.29, 0.717) is 0 Å². The van der Waals surface area contributed by atoms with Crippen molar-refractivity contribution in [3.05, 3.63) is 0 Å². The fourth-order valence-corrected chi connectivity index (χ4v) is 0.0333. The molecule has 0 aliphatic rings. The fourth-order valence-electron chi connectivity index (χ4n) is 0.0333. The first kappa shape index (κ1) is 10.2. The zero-order valence-electron chi connectivity index (χ0n) is 4.55. The Kier molecular flexibility index (Phi) is 16.0. The molecule has 0 radical (unpaired) electrons. The molecule has 0 aliphatic carbocycles. The standard InChI is InChI=1S/CH4N4.Cs.H/c2-4-1-5-3;;/h1-2H,3H2;;/q;+1;-1. The summed E-state index contributed by atoms with van der Waals surface area (Å²) in [5, 5.41) is 5.56. The molecule has 0 heterocycles. The van der Waals surface area contributed by atoms with E-state index in [4.69, 9.17) is 5.53 Å². The number of hydrogen-bond donors (Lipinski definition) is 2. The van der Waals surface area contributed by atoms with Crippen LogP contribution < -0.4 is 74.7 Å². The second kappa shape index (κ2) is 9.45. The molecule has 0 saturated heterocycles. The van der Waals surface area contributed by atoms with Gasteiger partial charge in [-0.1, -0.05) is 0 Å². The van der Waals surface area contributed by atoms with E-state index in [1.54, 1.807) is 0 Å². The van der Waals surface area contributed by atoms with E-state index in [-0.39, 0.29) is 70.3 Å². The van der Waals surface area contributed by atoms with Gasteiger partial charge in [0.25, 0.3) is 0 Å². The van der Waals surface area contributed by atoms with Gasteiger partial charge < -0.3 is 7.27 Å². The second-order valence-corrected chi connectivity index (χ2v) is 0.394. The van der Waals surface area contributed by atoms with Gasteiger partial charge in [0, 0.05) is 0 Å². The average Bonchev–Trinajstić information content (AvgIpc) is 1.41. The van der Waals surface area contributed by atoms with E-state index < -0.39 is 0 Å². The van der Waals surface area contributed by atoms with Gasteiger partial charge in [-0.25, -0.2) is 5.53 Å². The molecule has 0 rings (SSSR count). The molecule has 4 nitrogen and oxygen atoms in total. The number of hydrazone groups is 1. The minimum absolute atomic E-state index is 0. The van der Waals surface area contributed by atoms with Crippen LogP contribution in [-0.4, -0.2) is 6.34 Å². The SMILES string of the molecule is N=NC=NN.[Cs+].[H-]. The van der Waals surface area contributed by atoms with E-state index in [9.17, 15) is 0 Å². The molecule has 0 aliphatic heterocycles. The molecule has 30 valence electrons. The fraction of sp³-hybridized carbons (Fsp3) is 0. The van der Waals surface area contributed by atoms with Crippen LogP contribution in [0, 0.1) is 5.53 Å². The zero-order chi connectivity index (χ0) is 4.12. The van der Waals surface area contributed by atoms with Crippen molar-refractivity contribution < 1.29 is 70.3 Å². The third kappa shape index (κ3) is 8.93. The monoisotopic (exact) mass is 206 g/mol. The van der Waals surface area contributed by atoms with Gasteiger partial charge >= 0.3 is 68.9 Å². The van der Waals surface area contributed by atoms with E-state index in [1.165, 1.54) is 0 Å². The average molecular weight is 206 g/mol. The summed E-state index contributed by atoms with van der Waals surface area (Å²) in [4.78, 5) is 0. The summed E-state index contributed by atoms with van der Waals surface area (Å²) >= 11 is 0. The first-order chi connectivity index (χ1) is 2.41. The molecule has 5 heteroatoms. The van der Waals surface area contributed by atoms with Crippen molar-refractivity contribution in [3.63, 3.8) is 0 Å². The second-order valence-electron chi connectivity index (χ2n) is 0.394. The van der Waals surface area contributed by atoms with Crippen LogP contribution in [-0.2, 0) is 0 Å². The molecule has 0 atom stereocenters. The van der Waals surface area contributed by atoms with Gasteiger partial charge in [-0.05, 0) is 0 Å². The Morgan fingerprint density at radius 3 is 2.33 bits per heavy atom. The van der Waals surface area contributed by atoms with Crippen molar-refractivity contribution >= 4 is 6.34 Å². The Labute approximate surface area is 96.0 Å². The Hall–Kier alpha value is 1.12. The van der Waals surface area contributed by atoms with Gasteiger partial charge in [0.1, 0.15) is 0 Å². The molecule has 0 unspecified atom stereocenters. The Morgan fingerprint density at radius 1 is 1.83 bits per heavy atom. The summed E-state index contributed by atoms with van der Waals surface area (Å²) in [7, 11) is 0. The van der Waals surface area contributed by atoms with Crippen LogP contribution >= 0.6 is 0 Å². The van der Waals surface area contributed by atoms with Crippen LogP contribution in [0.5, 0.6) is 0 Å². The Bertz CT molecular complexity index is 53.7. The van der Waals surface area contributed by atoms with Gasteiger partial charge in [0.2, 0.25) is 0 Å². The summed E-state index contributed by atoms with van der Waals surface area (Å²) in [6, 6.07) is 0. The topological polar surface area (TPSA) is 74.6 Å². The molecule has 3 N–H and O–H groups in total. The number of nitrogens with zero attached hydrogens (tertiary/aromatic N) is 2. The molecule has 0 aromatic carbocycles. The van der Waals surface area contributed by atoms with Crippen LogP contribution in [0.25, 0.3) is 0 Å². The molecular formula is CH5CsN4. The summed E-state index contributed by atoms with van der Waals surface area (Å²) in [6.07, 6.45) is 0.944. The van der Waals surface area contributed by atoms with E-state index in [2.05, 4.69) is 16.1 Å². The molecule has 0 bridgehead atoms. The molecular weight excluding hydrogens is 201 g/mol. The van der Waals surface area contributed by atoms with Crippen molar-refractivity contribution in [2.75, 3.05) is 0 Å². The maximum atomic E-state index is 6.00. The van der Waals surface area contributed by atoms with Crippen molar-refractivity contribution in [2.45, 2.75) is 0 Å². The van der Waals surface area contributed by atoms with Gasteiger partial charge in [0.15, 0.2) is 6.34 Å². The summed E-state index contributed by atoms with van der Waals surface area (Å²) in [6.45, 7) is 0. The Balaban J connectivity index is -0.0000000800. The van der Waals surface area contributed by atoms with Crippen molar-refractivity contribution in [1.29, 1.82) is 5.53 Å². The van der Waals surface area contributed by atoms with E-state index in [1.807, 2.05) is 0 Å². The Morgan fingerprint density at radius 2 is 2.33 bits per heavy atom. The minimum atomic E-state index is 0. The van der Waals surface area contributed by atoms with Gasteiger partial charge in [-0.3, -0.25) is 0 Å². The van der Waals surface area contributed by atoms with Crippen LogP contribution in [0.2, 0.25) is 0 Å². The molecule has 0 fully saturated rings. The first-order valence-corrected chi connectivity index (χ1v) is 0.998. The number of rotatable bonds is 1. The van der Waals surface area contributed by atoms with Crippen LogP contribution in [0.15, 0.2) is 10.2 Å². The molecule has 0 aromatic rings. The van der Waals surface area contributed by atoms with Crippen LogP contribution in [0.3, 0.4) is 0 Å². The number of nitrogens with one attached hydrogen (secondary N) is 1. The van der Waals surface area contributed by atoms with Crippen molar-refractivity contribution in [1.82, 2.24) is 0 Å². The summed E-state index contributed by atoms with van der Waals surface area (Å²) in [5.74, 6) is 4.49. The predicted octanol–water partition coefficient (Wildman–Crippen LogP) is -2.96. The smallest absolute Gasteiger partial charge is 1.00 e. The van der Waals surface area contributed by atoms with Crippen LogP contribution in [0.4, 0.5) is 0 Å². The first-order valence-electron chi connectivity index (χ1n) is 0.998. The quantitative estimate of drug-likeness (QED) is 0.155. The molecule has 0 amide bonds. The maximum absolute atomic E-state index is 6.00. The summed E-state index contributed by atoms with van der Waals surface area (Å²) < 4.78 is 0. The third-order valence-corrected chi connectivity index (χ3v) is 0.124. The van der Waals surface area contributed by atoms with Crippen molar-refractivity contribution in [2.24, 2.45) is 16.1 Å². The molecule has 0 aromatic heterocycles. The molecule has 0 spiro atoms. The molecule has 6 heavy (non-hydrogen) atoms. The number of hydrogen-bond acceptors (Lipinski definition) is 3. The number of nitrogens with two attached hydrogens (primary N) is 1. The van der Waals surface area contributed by atoms with Crippen molar-refractivity contribution in [3.8, 4) is 0 Å². The largest absolute Gasteiger partial charge is 1.00 e. The predicted molar refractivity (Wildman–Crippen MR) is 18.9 cm³/mol. The van der Waals surface area contributed by atoms with Crippen LogP contribution in [0.1, 0.15) is 1.43 Å². The minimum Gasteiger partial charge on any atom is -1.00 e. The van der Waals surface area contributed by atoms with Gasteiger partial charge in [-0.2, -0.15) is 5.10 Å². The van der Waals surface area contributed by atoms with Gasteiger partial charge in [0.05, 0.1) is 0 Å². The third-order valence-electron chi connectivity index (χ3n) is 0.124.